The van der Waals surface area contributed by atoms with Crippen LogP contribution in [0.2, 0.25) is 0 Å². The van der Waals surface area contributed by atoms with Crippen LogP contribution >= 0.6 is 0 Å². The number of rotatable bonds is 3. The zero-order valence-electron chi connectivity index (χ0n) is 9.94. The summed E-state index contributed by atoms with van der Waals surface area (Å²) in [6.07, 6.45) is 2.96. The lowest BCUT2D eigenvalue weighted by Crippen LogP contribution is -2.03. The summed E-state index contributed by atoms with van der Waals surface area (Å²) in [5.41, 5.74) is 7.82. The third-order valence-corrected chi connectivity index (χ3v) is 3.08. The Morgan fingerprint density at radius 3 is 2.56 bits per heavy atom. The van der Waals surface area contributed by atoms with Crippen LogP contribution in [0.5, 0.6) is 0 Å². The van der Waals surface area contributed by atoms with Crippen molar-refractivity contribution in [1.82, 2.24) is 9.97 Å². The zero-order valence-corrected chi connectivity index (χ0v) is 9.94. The van der Waals surface area contributed by atoms with Crippen molar-refractivity contribution in [1.29, 1.82) is 0 Å². The Labute approximate surface area is 105 Å². The van der Waals surface area contributed by atoms with Crippen LogP contribution in [0, 0.1) is 5.82 Å². The van der Waals surface area contributed by atoms with Gasteiger partial charge in [-0.15, -0.1) is 0 Å². The van der Waals surface area contributed by atoms with E-state index in [0.29, 0.717) is 24.0 Å². The molecule has 0 aliphatic heterocycles. The molecule has 1 aliphatic carbocycles. The van der Waals surface area contributed by atoms with E-state index >= 15 is 0 Å². The first kappa shape index (κ1) is 11.1. The average molecular weight is 243 g/mol. The Kier molecular flexibility index (Phi) is 2.70. The molecule has 1 heterocycles. The second kappa shape index (κ2) is 4.37. The van der Waals surface area contributed by atoms with Crippen LogP contribution in [0.1, 0.15) is 35.8 Å². The van der Waals surface area contributed by atoms with Crippen molar-refractivity contribution in [2.45, 2.75) is 25.2 Å². The molecule has 3 rings (SSSR count). The maximum absolute atomic E-state index is 12.8. The van der Waals surface area contributed by atoms with Gasteiger partial charge in [-0.1, -0.05) is 12.1 Å². The number of benzene rings is 1. The summed E-state index contributed by atoms with van der Waals surface area (Å²) in [4.78, 5) is 8.76. The Morgan fingerprint density at radius 1 is 1.17 bits per heavy atom. The predicted octanol–water partition coefficient (Wildman–Crippen LogP) is 2.67. The maximum Gasteiger partial charge on any atom is 0.135 e. The molecule has 2 N–H and O–H groups in total. The van der Waals surface area contributed by atoms with Crippen molar-refractivity contribution in [3.63, 3.8) is 0 Å². The lowest BCUT2D eigenvalue weighted by Gasteiger charge is -2.05. The van der Waals surface area contributed by atoms with Crippen LogP contribution in [0.15, 0.2) is 30.3 Å². The summed E-state index contributed by atoms with van der Waals surface area (Å²) in [6.45, 7) is 0. The van der Waals surface area contributed by atoms with Gasteiger partial charge in [-0.25, -0.2) is 14.4 Å². The van der Waals surface area contributed by atoms with Crippen LogP contribution in [-0.2, 0) is 6.42 Å². The van der Waals surface area contributed by atoms with E-state index in [4.69, 9.17) is 5.73 Å². The zero-order chi connectivity index (χ0) is 12.5. The van der Waals surface area contributed by atoms with Gasteiger partial charge in [0.15, 0.2) is 0 Å². The summed E-state index contributed by atoms with van der Waals surface area (Å²) < 4.78 is 12.8. The summed E-state index contributed by atoms with van der Waals surface area (Å²) >= 11 is 0. The first-order valence-electron chi connectivity index (χ1n) is 6.08. The van der Waals surface area contributed by atoms with Gasteiger partial charge in [-0.05, 0) is 30.5 Å². The highest BCUT2D eigenvalue weighted by Gasteiger charge is 2.25. The van der Waals surface area contributed by atoms with Crippen molar-refractivity contribution >= 4 is 5.82 Å². The van der Waals surface area contributed by atoms with Crippen molar-refractivity contribution in [3.05, 3.63) is 53.2 Å². The Hall–Kier alpha value is -1.97. The molecule has 0 radical (unpaired) electrons. The topological polar surface area (TPSA) is 51.8 Å². The number of nitrogens with zero attached hydrogens (tertiary/aromatic N) is 2. The van der Waals surface area contributed by atoms with E-state index < -0.39 is 0 Å². The molecule has 2 aromatic rings. The molecule has 0 atom stereocenters. The first-order valence-corrected chi connectivity index (χ1v) is 6.08. The largest absolute Gasteiger partial charge is 0.384 e. The number of nitrogens with two attached hydrogens (primary N) is 1. The average Bonchev–Trinajstić information content (AvgIpc) is 3.15. The minimum Gasteiger partial charge on any atom is -0.384 e. The molecule has 0 bridgehead atoms. The summed E-state index contributed by atoms with van der Waals surface area (Å²) in [6, 6.07) is 8.25. The first-order chi connectivity index (χ1) is 8.70. The van der Waals surface area contributed by atoms with Gasteiger partial charge >= 0.3 is 0 Å². The monoisotopic (exact) mass is 243 g/mol. The minimum atomic E-state index is -0.231. The molecule has 1 aliphatic rings. The predicted molar refractivity (Wildman–Crippen MR) is 67.6 cm³/mol. The SMILES string of the molecule is Nc1cc(C2CC2)nc(Cc2ccc(F)cc2)n1. The van der Waals surface area contributed by atoms with Gasteiger partial charge in [0.2, 0.25) is 0 Å². The molecule has 1 fully saturated rings. The van der Waals surface area contributed by atoms with Gasteiger partial charge in [0.1, 0.15) is 17.5 Å². The number of nitrogen functional groups attached to an aromatic ring is 1. The Balaban J connectivity index is 1.85. The summed E-state index contributed by atoms with van der Waals surface area (Å²) in [5, 5.41) is 0. The van der Waals surface area contributed by atoms with Gasteiger partial charge in [-0.3, -0.25) is 0 Å². The lowest BCUT2D eigenvalue weighted by molar-refractivity contribution is 0.627. The van der Waals surface area contributed by atoms with Crippen molar-refractivity contribution < 1.29 is 4.39 Å². The third kappa shape index (κ3) is 2.47. The van der Waals surface area contributed by atoms with Crippen LogP contribution in [0.3, 0.4) is 0 Å². The maximum atomic E-state index is 12.8. The van der Waals surface area contributed by atoms with Gasteiger partial charge in [-0.2, -0.15) is 0 Å². The Morgan fingerprint density at radius 2 is 1.89 bits per heavy atom. The molecule has 92 valence electrons. The molecule has 18 heavy (non-hydrogen) atoms. The molecule has 0 saturated heterocycles. The fourth-order valence-corrected chi connectivity index (χ4v) is 1.99. The van der Waals surface area contributed by atoms with E-state index in [1.54, 1.807) is 12.1 Å². The fraction of sp³-hybridized carbons (Fsp3) is 0.286. The molecule has 0 unspecified atom stereocenters. The molecule has 1 aromatic heterocycles. The highest BCUT2D eigenvalue weighted by atomic mass is 19.1. The molecular formula is C14H14FN3. The van der Waals surface area contributed by atoms with Crippen LogP contribution < -0.4 is 5.73 Å². The van der Waals surface area contributed by atoms with Gasteiger partial charge in [0, 0.05) is 24.1 Å². The Bertz CT molecular complexity index is 562. The van der Waals surface area contributed by atoms with Crippen molar-refractivity contribution in [2.75, 3.05) is 5.73 Å². The van der Waals surface area contributed by atoms with Gasteiger partial charge < -0.3 is 5.73 Å². The number of anilines is 1. The van der Waals surface area contributed by atoms with Crippen LogP contribution in [0.4, 0.5) is 10.2 Å². The summed E-state index contributed by atoms with van der Waals surface area (Å²) in [7, 11) is 0. The molecular weight excluding hydrogens is 229 g/mol. The second-order valence-corrected chi connectivity index (χ2v) is 4.71. The van der Waals surface area contributed by atoms with E-state index in [1.807, 2.05) is 6.07 Å². The number of halogens is 1. The van der Waals surface area contributed by atoms with E-state index in [2.05, 4.69) is 9.97 Å². The summed E-state index contributed by atoms with van der Waals surface area (Å²) in [5.74, 6) is 1.56. The van der Waals surface area contributed by atoms with E-state index in [9.17, 15) is 4.39 Å². The molecule has 0 spiro atoms. The third-order valence-electron chi connectivity index (χ3n) is 3.08. The molecule has 1 aromatic carbocycles. The van der Waals surface area contributed by atoms with E-state index in [0.717, 1.165) is 11.3 Å². The number of hydrogen-bond acceptors (Lipinski definition) is 3. The van der Waals surface area contributed by atoms with Crippen molar-refractivity contribution in [2.24, 2.45) is 0 Å². The van der Waals surface area contributed by atoms with Crippen LogP contribution in [0.25, 0.3) is 0 Å². The number of hydrogen-bond donors (Lipinski definition) is 1. The highest BCUT2D eigenvalue weighted by molar-refractivity contribution is 5.34. The van der Waals surface area contributed by atoms with E-state index in [1.165, 1.54) is 25.0 Å². The standard InChI is InChI=1S/C14H14FN3/c15-11-5-1-9(2-6-11)7-14-17-12(10-3-4-10)8-13(16)18-14/h1-2,5-6,8,10H,3-4,7H2,(H2,16,17,18). The van der Waals surface area contributed by atoms with Crippen LogP contribution in [-0.4, -0.2) is 9.97 Å². The van der Waals surface area contributed by atoms with Crippen molar-refractivity contribution in [3.8, 4) is 0 Å². The smallest absolute Gasteiger partial charge is 0.135 e. The molecule has 1 saturated carbocycles. The number of aromatic nitrogens is 2. The minimum absolute atomic E-state index is 0.231. The molecule has 3 nitrogen and oxygen atoms in total. The fourth-order valence-electron chi connectivity index (χ4n) is 1.99. The van der Waals surface area contributed by atoms with Gasteiger partial charge in [0.05, 0.1) is 0 Å². The quantitative estimate of drug-likeness (QED) is 0.901. The second-order valence-electron chi connectivity index (χ2n) is 4.71. The van der Waals surface area contributed by atoms with E-state index in [-0.39, 0.29) is 5.82 Å². The molecule has 0 amide bonds. The highest BCUT2D eigenvalue weighted by Crippen LogP contribution is 2.39. The normalized spacial score (nSPS) is 14.7. The molecule has 4 heteroatoms. The van der Waals surface area contributed by atoms with Gasteiger partial charge in [0.25, 0.3) is 0 Å². The lowest BCUT2D eigenvalue weighted by atomic mass is 10.1.